The Bertz CT molecular complexity index is 61.4. The Balaban J connectivity index is 2.17. The fraction of sp³-hybridized carbons (Fsp3) is 1.00. The summed E-state index contributed by atoms with van der Waals surface area (Å²) in [5, 5.41) is 0. The van der Waals surface area contributed by atoms with E-state index >= 15 is 0 Å². The van der Waals surface area contributed by atoms with Crippen LogP contribution < -0.4 is 0 Å². The van der Waals surface area contributed by atoms with Crippen LogP contribution in [0.1, 0.15) is 6.42 Å². The van der Waals surface area contributed by atoms with Gasteiger partial charge in [0.15, 0.2) is 0 Å². The summed E-state index contributed by atoms with van der Waals surface area (Å²) in [6.07, 6.45) is 1.06. The molecule has 0 unspecified atom stereocenters. The molecule has 0 amide bonds. The highest BCUT2D eigenvalue weighted by atomic mass is 35.5. The van der Waals surface area contributed by atoms with Crippen molar-refractivity contribution < 1.29 is 4.74 Å². The van der Waals surface area contributed by atoms with Gasteiger partial charge in [0, 0.05) is 19.7 Å². The zero-order valence-electron chi connectivity index (χ0n) is 4.77. The molecule has 0 saturated carbocycles. The molecule has 1 heterocycles. The van der Waals surface area contributed by atoms with E-state index < -0.39 is 0 Å². The third-order valence-electron chi connectivity index (χ3n) is 1.17. The van der Waals surface area contributed by atoms with E-state index in [9.17, 15) is 0 Å². The molecule has 0 radical (unpaired) electrons. The van der Waals surface area contributed by atoms with Crippen LogP contribution in [0.15, 0.2) is 0 Å². The Morgan fingerprint density at radius 3 is 3.00 bits per heavy atom. The van der Waals surface area contributed by atoms with Crippen molar-refractivity contribution in [2.75, 3.05) is 26.3 Å². The summed E-state index contributed by atoms with van der Waals surface area (Å²) >= 11 is 5.67. The first kappa shape index (κ1) is 6.33. The highest BCUT2D eigenvalue weighted by Gasteiger charge is 2.03. The average Bonchev–Trinajstić information content (AvgIpc) is 1.94. The van der Waals surface area contributed by atoms with Crippen LogP contribution in [0.25, 0.3) is 0 Å². The molecule has 0 aromatic heterocycles. The molecule has 0 aliphatic carbocycles. The average molecular weight is 136 g/mol. The molecule has 1 rings (SSSR count). The van der Waals surface area contributed by atoms with E-state index in [-0.39, 0.29) is 0 Å². The maximum atomic E-state index is 5.67. The fourth-order valence-electron chi connectivity index (χ4n) is 0.716. The molecular weight excluding hydrogens is 126 g/mol. The molecule has 1 aliphatic heterocycles. The normalized spacial score (nSPS) is 25.1. The standard InChI is InChI=1S/C5H10ClNO/c6-7-2-1-4-8-5-3-7/h1-5H2. The van der Waals surface area contributed by atoms with Gasteiger partial charge < -0.3 is 4.74 Å². The Labute approximate surface area is 54.5 Å². The Kier molecular flexibility index (Phi) is 2.59. The first-order chi connectivity index (χ1) is 3.89. The third-order valence-corrected chi connectivity index (χ3v) is 1.51. The predicted molar refractivity (Wildman–Crippen MR) is 32.9 cm³/mol. The molecule has 0 bridgehead atoms. The maximum Gasteiger partial charge on any atom is 0.0606 e. The van der Waals surface area contributed by atoms with E-state index in [2.05, 4.69) is 0 Å². The first-order valence-electron chi connectivity index (χ1n) is 2.88. The summed E-state index contributed by atoms with van der Waals surface area (Å²) in [7, 11) is 0. The van der Waals surface area contributed by atoms with Crippen LogP contribution >= 0.6 is 11.8 Å². The summed E-state index contributed by atoms with van der Waals surface area (Å²) in [6.45, 7) is 3.47. The molecule has 1 saturated heterocycles. The van der Waals surface area contributed by atoms with Gasteiger partial charge >= 0.3 is 0 Å². The monoisotopic (exact) mass is 135 g/mol. The fourth-order valence-corrected chi connectivity index (χ4v) is 0.904. The maximum absolute atomic E-state index is 5.67. The lowest BCUT2D eigenvalue weighted by molar-refractivity contribution is 0.148. The molecule has 0 aromatic carbocycles. The van der Waals surface area contributed by atoms with Gasteiger partial charge in [-0.3, -0.25) is 0 Å². The second kappa shape index (κ2) is 3.28. The Morgan fingerprint density at radius 1 is 1.25 bits per heavy atom. The van der Waals surface area contributed by atoms with Gasteiger partial charge in [-0.1, -0.05) is 0 Å². The van der Waals surface area contributed by atoms with Gasteiger partial charge in [0.2, 0.25) is 0 Å². The van der Waals surface area contributed by atoms with E-state index in [4.69, 9.17) is 16.5 Å². The van der Waals surface area contributed by atoms with Crippen molar-refractivity contribution in [1.29, 1.82) is 0 Å². The van der Waals surface area contributed by atoms with Gasteiger partial charge in [-0.15, -0.1) is 0 Å². The van der Waals surface area contributed by atoms with Crippen molar-refractivity contribution in [2.24, 2.45) is 0 Å². The Hall–Kier alpha value is 0.210. The van der Waals surface area contributed by atoms with E-state index in [0.717, 1.165) is 32.7 Å². The van der Waals surface area contributed by atoms with Crippen molar-refractivity contribution >= 4 is 11.8 Å². The molecule has 8 heavy (non-hydrogen) atoms. The summed E-state index contributed by atoms with van der Waals surface area (Å²) in [4.78, 5) is 0. The minimum Gasteiger partial charge on any atom is -0.380 e. The molecule has 0 spiro atoms. The summed E-state index contributed by atoms with van der Waals surface area (Å²) in [6, 6.07) is 0. The zero-order chi connectivity index (χ0) is 5.82. The van der Waals surface area contributed by atoms with Crippen molar-refractivity contribution in [3.63, 3.8) is 0 Å². The van der Waals surface area contributed by atoms with E-state index in [1.54, 1.807) is 4.42 Å². The van der Waals surface area contributed by atoms with Gasteiger partial charge in [-0.2, -0.15) is 0 Å². The molecule has 0 atom stereocenters. The second-order valence-electron chi connectivity index (χ2n) is 1.88. The minimum atomic E-state index is 0.781. The van der Waals surface area contributed by atoms with Gasteiger partial charge in [0.25, 0.3) is 0 Å². The highest BCUT2D eigenvalue weighted by Crippen LogP contribution is 2.00. The SMILES string of the molecule is ClN1CCCOCC1. The van der Waals surface area contributed by atoms with Crippen molar-refractivity contribution in [2.45, 2.75) is 6.42 Å². The van der Waals surface area contributed by atoms with Crippen molar-refractivity contribution in [3.05, 3.63) is 0 Å². The predicted octanol–water partition coefficient (Wildman–Crippen LogP) is 0.863. The number of nitrogens with zero attached hydrogens (tertiary/aromatic N) is 1. The number of ether oxygens (including phenoxy) is 1. The molecular formula is C5H10ClNO. The van der Waals surface area contributed by atoms with Gasteiger partial charge in [-0.05, 0) is 18.2 Å². The minimum absolute atomic E-state index is 0.781. The molecule has 48 valence electrons. The first-order valence-corrected chi connectivity index (χ1v) is 3.22. The molecule has 2 nitrogen and oxygen atoms in total. The zero-order valence-corrected chi connectivity index (χ0v) is 5.52. The van der Waals surface area contributed by atoms with Gasteiger partial charge in [0.05, 0.1) is 6.61 Å². The van der Waals surface area contributed by atoms with Crippen LogP contribution in [0.4, 0.5) is 0 Å². The lowest BCUT2D eigenvalue weighted by atomic mass is 10.5. The Morgan fingerprint density at radius 2 is 2.12 bits per heavy atom. The highest BCUT2D eigenvalue weighted by molar-refractivity contribution is 6.13. The van der Waals surface area contributed by atoms with Crippen LogP contribution in [-0.2, 0) is 4.74 Å². The number of hydrogen-bond donors (Lipinski definition) is 0. The summed E-state index contributed by atoms with van der Waals surface area (Å²) < 4.78 is 6.91. The van der Waals surface area contributed by atoms with Crippen molar-refractivity contribution in [3.8, 4) is 0 Å². The summed E-state index contributed by atoms with van der Waals surface area (Å²) in [5.41, 5.74) is 0. The van der Waals surface area contributed by atoms with Crippen LogP contribution in [0.5, 0.6) is 0 Å². The smallest absolute Gasteiger partial charge is 0.0606 e. The van der Waals surface area contributed by atoms with Crippen molar-refractivity contribution in [1.82, 2.24) is 4.42 Å². The van der Waals surface area contributed by atoms with Gasteiger partial charge in [-0.25, -0.2) is 4.42 Å². The molecule has 1 fully saturated rings. The van der Waals surface area contributed by atoms with Crippen LogP contribution in [0.3, 0.4) is 0 Å². The quantitative estimate of drug-likeness (QED) is 0.457. The lowest BCUT2D eigenvalue weighted by Gasteiger charge is -2.05. The molecule has 3 heteroatoms. The summed E-state index contributed by atoms with van der Waals surface area (Å²) in [5.74, 6) is 0. The number of hydrogen-bond acceptors (Lipinski definition) is 2. The number of rotatable bonds is 0. The third kappa shape index (κ3) is 1.99. The largest absolute Gasteiger partial charge is 0.380 e. The van der Waals surface area contributed by atoms with Crippen LogP contribution in [-0.4, -0.2) is 30.7 Å². The molecule has 1 aliphatic rings. The number of halogens is 1. The van der Waals surface area contributed by atoms with E-state index in [0.29, 0.717) is 0 Å². The molecule has 0 aromatic rings. The molecule has 0 N–H and O–H groups in total. The van der Waals surface area contributed by atoms with Crippen LogP contribution in [0.2, 0.25) is 0 Å². The lowest BCUT2D eigenvalue weighted by Crippen LogP contribution is -2.14. The van der Waals surface area contributed by atoms with E-state index in [1.165, 1.54) is 0 Å². The van der Waals surface area contributed by atoms with Gasteiger partial charge in [0.1, 0.15) is 0 Å². The van der Waals surface area contributed by atoms with E-state index in [1.807, 2.05) is 0 Å². The topological polar surface area (TPSA) is 12.5 Å². The van der Waals surface area contributed by atoms with Crippen LogP contribution in [0, 0.1) is 0 Å². The second-order valence-corrected chi connectivity index (χ2v) is 2.35.